The van der Waals surface area contributed by atoms with Crippen LogP contribution in [0.2, 0.25) is 15.1 Å². The summed E-state index contributed by atoms with van der Waals surface area (Å²) in [6.07, 6.45) is 0. The van der Waals surface area contributed by atoms with Crippen LogP contribution in [0.3, 0.4) is 0 Å². The van der Waals surface area contributed by atoms with Gasteiger partial charge >= 0.3 is 0 Å². The van der Waals surface area contributed by atoms with Crippen LogP contribution in [0.4, 0.5) is 0 Å². The third kappa shape index (κ3) is 14.8. The summed E-state index contributed by atoms with van der Waals surface area (Å²) in [5, 5.41) is 47.4. The predicted octanol–water partition coefficient (Wildman–Crippen LogP) is 12.6. The largest absolute Gasteiger partial charge is 0.508 e. The van der Waals surface area contributed by atoms with Gasteiger partial charge in [-0.05, 0) is 138 Å². The summed E-state index contributed by atoms with van der Waals surface area (Å²) in [6, 6.07) is 37.4. The van der Waals surface area contributed by atoms with Crippen molar-refractivity contribution < 1.29 is 25.5 Å². The molecule has 0 saturated heterocycles. The highest BCUT2D eigenvalue weighted by molar-refractivity contribution is 9.10. The number of aromatic hydroxyl groups is 5. The maximum absolute atomic E-state index is 9.56. The molecule has 0 spiro atoms. The number of rotatable bonds is 1. The highest BCUT2D eigenvalue weighted by atomic mass is 79.9. The van der Waals surface area contributed by atoms with E-state index in [-0.39, 0.29) is 17.2 Å². The lowest BCUT2D eigenvalue weighted by Crippen LogP contribution is -1.79. The number of phenolic OH excluding ortho intramolecular Hbond substituents is 5. The van der Waals surface area contributed by atoms with Gasteiger partial charge in [0, 0.05) is 20.6 Å². The molecule has 0 amide bonds. The molecule has 5 nitrogen and oxygen atoms in total. The second-order valence-corrected chi connectivity index (χ2v) is 12.7. The molecule has 49 heavy (non-hydrogen) atoms. The van der Waals surface area contributed by atoms with E-state index in [2.05, 4.69) is 15.9 Å². The second-order valence-electron chi connectivity index (χ2n) is 10.6. The number of aryl methyl sites for hydroxylation is 4. The molecule has 0 saturated carbocycles. The summed E-state index contributed by atoms with van der Waals surface area (Å²) < 4.78 is 0.736. The summed E-state index contributed by atoms with van der Waals surface area (Å²) in [7, 11) is 0. The maximum Gasteiger partial charge on any atom is 0.129 e. The molecular weight excluding hydrogens is 747 g/mol. The van der Waals surface area contributed by atoms with Crippen molar-refractivity contribution in [3.63, 3.8) is 0 Å². The SMILES string of the molecule is Cc1cc(Cl)ccc1O.Cc1cc(O)cc(C)c1Cl.Cc1cc(O)ccc1Cl.Oc1ccccc1-c1ccccc1.Oc1ccccc1Br. The van der Waals surface area contributed by atoms with Crippen molar-refractivity contribution in [2.75, 3.05) is 0 Å². The van der Waals surface area contributed by atoms with Crippen LogP contribution in [-0.4, -0.2) is 25.5 Å². The molecule has 6 aromatic rings. The van der Waals surface area contributed by atoms with Gasteiger partial charge in [-0.2, -0.15) is 0 Å². The van der Waals surface area contributed by atoms with E-state index in [0.29, 0.717) is 21.5 Å². The van der Waals surface area contributed by atoms with Gasteiger partial charge < -0.3 is 25.5 Å². The summed E-state index contributed by atoms with van der Waals surface area (Å²) in [5.74, 6) is 1.44. The lowest BCUT2D eigenvalue weighted by Gasteiger charge is -2.02. The van der Waals surface area contributed by atoms with Crippen LogP contribution >= 0.6 is 50.7 Å². The third-order valence-corrected chi connectivity index (χ3v) is 8.49. The van der Waals surface area contributed by atoms with Crippen LogP contribution in [0.25, 0.3) is 11.1 Å². The molecule has 5 N–H and O–H groups in total. The lowest BCUT2D eigenvalue weighted by molar-refractivity contribution is 0.471. The number of para-hydroxylation sites is 2. The normalized spacial score (nSPS) is 9.63. The van der Waals surface area contributed by atoms with Crippen molar-refractivity contribution in [2.45, 2.75) is 27.7 Å². The Labute approximate surface area is 311 Å². The topological polar surface area (TPSA) is 101 Å². The van der Waals surface area contributed by atoms with E-state index >= 15 is 0 Å². The molecule has 256 valence electrons. The summed E-state index contributed by atoms with van der Waals surface area (Å²) in [5.41, 5.74) is 5.46. The van der Waals surface area contributed by atoms with E-state index in [0.717, 1.165) is 42.9 Å². The van der Waals surface area contributed by atoms with Crippen LogP contribution < -0.4 is 0 Å². The molecule has 0 aliphatic rings. The van der Waals surface area contributed by atoms with Gasteiger partial charge in [0.25, 0.3) is 0 Å². The molecule has 0 fully saturated rings. The van der Waals surface area contributed by atoms with Gasteiger partial charge in [0.1, 0.15) is 28.7 Å². The highest BCUT2D eigenvalue weighted by Crippen LogP contribution is 2.28. The smallest absolute Gasteiger partial charge is 0.129 e. The minimum Gasteiger partial charge on any atom is -0.508 e. The fourth-order valence-electron chi connectivity index (χ4n) is 3.96. The van der Waals surface area contributed by atoms with Crippen molar-refractivity contribution in [3.05, 3.63) is 169 Å². The fourth-order valence-corrected chi connectivity index (χ4v) is 4.70. The van der Waals surface area contributed by atoms with Gasteiger partial charge in [-0.1, -0.05) is 95.5 Å². The zero-order valence-electron chi connectivity index (χ0n) is 27.4. The Morgan fingerprint density at radius 3 is 1.45 bits per heavy atom. The van der Waals surface area contributed by atoms with Crippen LogP contribution in [0.1, 0.15) is 22.3 Å². The number of hydrogen-bond acceptors (Lipinski definition) is 5. The summed E-state index contributed by atoms with van der Waals surface area (Å²) >= 11 is 20.3. The first-order valence-corrected chi connectivity index (χ1v) is 16.7. The Balaban J connectivity index is 0.000000215. The molecule has 0 radical (unpaired) electrons. The molecular formula is C40H38BrCl3O5. The van der Waals surface area contributed by atoms with E-state index < -0.39 is 0 Å². The number of halogens is 4. The Bertz CT molecular complexity index is 1820. The van der Waals surface area contributed by atoms with Crippen LogP contribution in [0.5, 0.6) is 28.7 Å². The maximum atomic E-state index is 9.56. The molecule has 0 atom stereocenters. The van der Waals surface area contributed by atoms with E-state index in [1.54, 1.807) is 79.7 Å². The monoisotopic (exact) mass is 782 g/mol. The average Bonchev–Trinajstić information content (AvgIpc) is 3.07. The van der Waals surface area contributed by atoms with Gasteiger partial charge in [0.15, 0.2) is 0 Å². The summed E-state index contributed by atoms with van der Waals surface area (Å²) in [6.45, 7) is 7.40. The van der Waals surface area contributed by atoms with E-state index in [1.165, 1.54) is 0 Å². The first-order chi connectivity index (χ1) is 23.2. The Morgan fingerprint density at radius 2 is 0.980 bits per heavy atom. The first kappa shape index (κ1) is 40.8. The van der Waals surface area contributed by atoms with Crippen LogP contribution in [0, 0.1) is 27.7 Å². The molecule has 0 unspecified atom stereocenters. The zero-order chi connectivity index (χ0) is 36.5. The first-order valence-electron chi connectivity index (χ1n) is 14.8. The van der Waals surface area contributed by atoms with Crippen LogP contribution in [0.15, 0.2) is 132 Å². The van der Waals surface area contributed by atoms with Crippen molar-refractivity contribution in [1.82, 2.24) is 0 Å². The van der Waals surface area contributed by atoms with Gasteiger partial charge in [-0.3, -0.25) is 0 Å². The van der Waals surface area contributed by atoms with Crippen molar-refractivity contribution in [1.29, 1.82) is 0 Å². The van der Waals surface area contributed by atoms with Crippen molar-refractivity contribution in [2.24, 2.45) is 0 Å². The standard InChI is InChI=1S/C12H10O.C8H9ClO.2C7H7ClO.C6H5BrO/c13-12-9-5-4-8-11(12)10-6-2-1-3-7-10;1-5-3-7(10)4-6(2)8(5)9;1-5-4-6(9)2-3-7(5)8;1-5-4-6(8)2-3-7(5)9;7-5-3-1-2-4-6(5)8/h1-9,13H;3-4,10H,1-2H3;2*2-4,9H,1H3;1-4,8H. The molecule has 0 aliphatic heterocycles. The van der Waals surface area contributed by atoms with E-state index in [1.807, 2.05) is 75.4 Å². The number of phenols is 5. The Hall–Kier alpha value is -4.33. The molecule has 9 heteroatoms. The molecule has 0 aliphatic carbocycles. The molecule has 6 rings (SSSR count). The highest BCUT2D eigenvalue weighted by Gasteiger charge is 2.01. The molecule has 0 bridgehead atoms. The lowest BCUT2D eigenvalue weighted by atomic mass is 10.1. The zero-order valence-corrected chi connectivity index (χ0v) is 31.2. The van der Waals surface area contributed by atoms with Crippen molar-refractivity contribution in [3.8, 4) is 39.9 Å². The van der Waals surface area contributed by atoms with Gasteiger partial charge in [0.2, 0.25) is 0 Å². The molecule has 0 heterocycles. The van der Waals surface area contributed by atoms with Gasteiger partial charge in [0.05, 0.1) is 4.47 Å². The third-order valence-electron chi connectivity index (χ3n) is 6.56. The second kappa shape index (κ2) is 20.9. The number of hydrogen-bond donors (Lipinski definition) is 5. The van der Waals surface area contributed by atoms with E-state index in [4.69, 9.17) is 55.2 Å². The number of benzene rings is 6. The molecule has 0 aromatic heterocycles. The minimum atomic E-state index is 0.261. The Morgan fingerprint density at radius 1 is 0.449 bits per heavy atom. The average molecular weight is 785 g/mol. The van der Waals surface area contributed by atoms with Crippen LogP contribution in [-0.2, 0) is 0 Å². The predicted molar refractivity (Wildman–Crippen MR) is 208 cm³/mol. The quantitative estimate of drug-likeness (QED) is 0.114. The fraction of sp³-hybridized carbons (Fsp3) is 0.100. The van der Waals surface area contributed by atoms with Crippen molar-refractivity contribution >= 4 is 50.7 Å². The summed E-state index contributed by atoms with van der Waals surface area (Å²) in [4.78, 5) is 0. The van der Waals surface area contributed by atoms with Gasteiger partial charge in [-0.25, -0.2) is 0 Å². The van der Waals surface area contributed by atoms with Gasteiger partial charge in [-0.15, -0.1) is 0 Å². The molecule has 6 aromatic carbocycles. The minimum absolute atomic E-state index is 0.261. The van der Waals surface area contributed by atoms with E-state index in [9.17, 15) is 5.11 Å². The Kier molecular flexibility index (Phi) is 17.4.